The van der Waals surface area contributed by atoms with E-state index in [1.54, 1.807) is 4.90 Å². The maximum Gasteiger partial charge on any atom is 0.303 e. The third-order valence-corrected chi connectivity index (χ3v) is 5.73. The first-order valence-corrected chi connectivity index (χ1v) is 9.94. The molecule has 1 aromatic carbocycles. The van der Waals surface area contributed by atoms with Crippen LogP contribution >= 0.6 is 0 Å². The van der Waals surface area contributed by atoms with Gasteiger partial charge in [-0.2, -0.15) is 0 Å². The Balaban J connectivity index is 2.12. The Morgan fingerprint density at radius 1 is 1.27 bits per heavy atom. The lowest BCUT2D eigenvalue weighted by molar-refractivity contribution is -0.137. The SMILES string of the molecule is CN(C)[C@@H]1CCN(C(=O)c2ccc(S(N)(=O)=O)cc2)C[C@@H]1CCC(=O)O. The number of piperidine rings is 1. The van der Waals surface area contributed by atoms with E-state index in [1.807, 2.05) is 14.1 Å². The van der Waals surface area contributed by atoms with Crippen LogP contribution in [-0.4, -0.2) is 68.4 Å². The van der Waals surface area contributed by atoms with Gasteiger partial charge in [-0.15, -0.1) is 0 Å². The number of benzene rings is 1. The number of aliphatic carboxylic acids is 1. The molecule has 1 aliphatic heterocycles. The molecule has 1 aromatic rings. The first-order valence-electron chi connectivity index (χ1n) is 8.40. The van der Waals surface area contributed by atoms with Crippen molar-refractivity contribution in [2.75, 3.05) is 27.2 Å². The Morgan fingerprint density at radius 3 is 2.38 bits per heavy atom. The highest BCUT2D eigenvalue weighted by atomic mass is 32.2. The molecule has 9 heteroatoms. The summed E-state index contributed by atoms with van der Waals surface area (Å²) < 4.78 is 22.6. The van der Waals surface area contributed by atoms with E-state index in [1.165, 1.54) is 24.3 Å². The van der Waals surface area contributed by atoms with Crippen molar-refractivity contribution in [1.29, 1.82) is 0 Å². The maximum absolute atomic E-state index is 12.7. The van der Waals surface area contributed by atoms with E-state index in [0.717, 1.165) is 6.42 Å². The van der Waals surface area contributed by atoms with Crippen molar-refractivity contribution in [1.82, 2.24) is 9.80 Å². The molecule has 0 bridgehead atoms. The molecule has 0 aromatic heterocycles. The number of likely N-dealkylation sites (tertiary alicyclic amines) is 1. The first kappa shape index (κ1) is 20.3. The smallest absolute Gasteiger partial charge is 0.303 e. The van der Waals surface area contributed by atoms with Crippen molar-refractivity contribution in [2.24, 2.45) is 11.1 Å². The highest BCUT2D eigenvalue weighted by Gasteiger charge is 2.33. The molecule has 26 heavy (non-hydrogen) atoms. The molecule has 0 spiro atoms. The number of hydrogen-bond donors (Lipinski definition) is 2. The number of nitrogens with two attached hydrogens (primary N) is 1. The predicted molar refractivity (Wildman–Crippen MR) is 96.2 cm³/mol. The highest BCUT2D eigenvalue weighted by molar-refractivity contribution is 7.89. The minimum absolute atomic E-state index is 0.0419. The predicted octanol–water partition coefficient (Wildman–Crippen LogP) is 0.591. The van der Waals surface area contributed by atoms with Crippen molar-refractivity contribution in [3.8, 4) is 0 Å². The number of nitrogens with zero attached hydrogens (tertiary/aromatic N) is 2. The highest BCUT2D eigenvalue weighted by Crippen LogP contribution is 2.26. The second-order valence-electron chi connectivity index (χ2n) is 6.83. The number of primary sulfonamides is 1. The number of carbonyl (C=O) groups is 2. The summed E-state index contributed by atoms with van der Waals surface area (Å²) in [6.07, 6.45) is 1.34. The zero-order chi connectivity index (χ0) is 19.5. The molecule has 0 unspecified atom stereocenters. The van der Waals surface area contributed by atoms with Gasteiger partial charge in [0.1, 0.15) is 0 Å². The Hall–Kier alpha value is -1.97. The van der Waals surface area contributed by atoms with Crippen LogP contribution in [0.3, 0.4) is 0 Å². The third-order valence-electron chi connectivity index (χ3n) is 4.80. The lowest BCUT2D eigenvalue weighted by atomic mass is 9.87. The summed E-state index contributed by atoms with van der Waals surface area (Å²) in [6, 6.07) is 5.76. The van der Waals surface area contributed by atoms with Gasteiger partial charge in [0.05, 0.1) is 4.90 Å². The summed E-state index contributed by atoms with van der Waals surface area (Å²) in [5.41, 5.74) is 0.387. The van der Waals surface area contributed by atoms with Crippen LogP contribution in [0.15, 0.2) is 29.2 Å². The van der Waals surface area contributed by atoms with Gasteiger partial charge in [-0.25, -0.2) is 13.6 Å². The molecular weight excluding hydrogens is 358 g/mol. The fraction of sp³-hybridized carbons (Fsp3) is 0.529. The molecule has 2 rings (SSSR count). The summed E-state index contributed by atoms with van der Waals surface area (Å²) in [7, 11) is 0.123. The fourth-order valence-electron chi connectivity index (χ4n) is 3.45. The van der Waals surface area contributed by atoms with Crippen molar-refractivity contribution in [2.45, 2.75) is 30.2 Å². The van der Waals surface area contributed by atoms with E-state index in [2.05, 4.69) is 4.90 Å². The Kier molecular flexibility index (Phi) is 6.38. The number of sulfonamides is 1. The van der Waals surface area contributed by atoms with Crippen LogP contribution in [-0.2, 0) is 14.8 Å². The average Bonchev–Trinajstić information content (AvgIpc) is 2.58. The number of carboxylic acid groups (broad SMARTS) is 1. The van der Waals surface area contributed by atoms with Gasteiger partial charge >= 0.3 is 5.97 Å². The van der Waals surface area contributed by atoms with Crippen LogP contribution in [0.5, 0.6) is 0 Å². The second kappa shape index (κ2) is 8.15. The fourth-order valence-corrected chi connectivity index (χ4v) is 3.96. The van der Waals surface area contributed by atoms with Crippen molar-refractivity contribution < 1.29 is 23.1 Å². The molecule has 1 amide bonds. The van der Waals surface area contributed by atoms with Crippen molar-refractivity contribution in [3.05, 3.63) is 29.8 Å². The molecule has 1 saturated heterocycles. The standard InChI is InChI=1S/C17H25N3O5S/c1-19(2)15-9-10-20(11-13(15)5-8-16(21)22)17(23)12-3-6-14(7-4-12)26(18,24)25/h3-4,6-7,13,15H,5,8-11H2,1-2H3,(H,21,22)(H2,18,24,25)/t13-,15+/m0/s1. The number of carbonyl (C=O) groups excluding carboxylic acids is 1. The van der Waals surface area contributed by atoms with Gasteiger partial charge in [0, 0.05) is 31.1 Å². The van der Waals surface area contributed by atoms with Crippen molar-refractivity contribution in [3.63, 3.8) is 0 Å². The molecule has 1 heterocycles. The summed E-state index contributed by atoms with van der Waals surface area (Å²) in [4.78, 5) is 27.4. The van der Waals surface area contributed by atoms with Crippen LogP contribution in [0, 0.1) is 5.92 Å². The van der Waals surface area contributed by atoms with Crippen LogP contribution in [0.2, 0.25) is 0 Å². The summed E-state index contributed by atoms with van der Waals surface area (Å²) >= 11 is 0. The molecule has 1 fully saturated rings. The van der Waals surface area contributed by atoms with Gasteiger partial charge in [-0.3, -0.25) is 9.59 Å². The maximum atomic E-state index is 12.7. The Bertz CT molecular complexity index is 761. The minimum atomic E-state index is -3.80. The monoisotopic (exact) mass is 383 g/mol. The third kappa shape index (κ3) is 5.03. The van der Waals surface area contributed by atoms with Gasteiger partial charge in [-0.05, 0) is 57.1 Å². The van der Waals surface area contributed by atoms with Crippen LogP contribution in [0.1, 0.15) is 29.6 Å². The summed E-state index contributed by atoms with van der Waals surface area (Å²) in [6.45, 7) is 1.05. The summed E-state index contributed by atoms with van der Waals surface area (Å²) in [5, 5.41) is 14.0. The van der Waals surface area contributed by atoms with Gasteiger partial charge in [0.25, 0.3) is 5.91 Å². The van der Waals surface area contributed by atoms with E-state index in [9.17, 15) is 18.0 Å². The molecule has 0 saturated carbocycles. The summed E-state index contributed by atoms with van der Waals surface area (Å²) in [5.74, 6) is -0.962. The first-order chi connectivity index (χ1) is 12.1. The number of carboxylic acids is 1. The van der Waals surface area contributed by atoms with E-state index >= 15 is 0 Å². The quantitative estimate of drug-likeness (QED) is 0.742. The molecule has 0 radical (unpaired) electrons. The minimum Gasteiger partial charge on any atom is -0.481 e. The number of rotatable bonds is 6. The number of amides is 1. The topological polar surface area (TPSA) is 121 Å². The van der Waals surface area contributed by atoms with Crippen LogP contribution < -0.4 is 5.14 Å². The second-order valence-corrected chi connectivity index (χ2v) is 8.39. The van der Waals surface area contributed by atoms with E-state index in [-0.39, 0.29) is 29.2 Å². The van der Waals surface area contributed by atoms with Crippen molar-refractivity contribution >= 4 is 21.9 Å². The molecule has 144 valence electrons. The molecular formula is C17H25N3O5S. The van der Waals surface area contributed by atoms with Gasteiger partial charge in [0.15, 0.2) is 0 Å². The zero-order valence-electron chi connectivity index (χ0n) is 15.0. The molecule has 1 aliphatic rings. The molecule has 2 atom stereocenters. The molecule has 8 nitrogen and oxygen atoms in total. The van der Waals surface area contributed by atoms with Crippen LogP contribution in [0.4, 0.5) is 0 Å². The van der Waals surface area contributed by atoms with E-state index in [4.69, 9.17) is 10.2 Å². The molecule has 3 N–H and O–H groups in total. The van der Waals surface area contributed by atoms with Gasteiger partial charge in [-0.1, -0.05) is 0 Å². The lowest BCUT2D eigenvalue weighted by Gasteiger charge is -2.41. The lowest BCUT2D eigenvalue weighted by Crippen LogP contribution is -2.50. The number of hydrogen-bond acceptors (Lipinski definition) is 5. The zero-order valence-corrected chi connectivity index (χ0v) is 15.8. The molecule has 0 aliphatic carbocycles. The largest absolute Gasteiger partial charge is 0.481 e. The van der Waals surface area contributed by atoms with E-state index in [0.29, 0.717) is 25.1 Å². The Labute approximate surface area is 153 Å². The average molecular weight is 383 g/mol. The van der Waals surface area contributed by atoms with Gasteiger partial charge < -0.3 is 14.9 Å². The normalized spacial score (nSPS) is 21.0. The Morgan fingerprint density at radius 2 is 1.88 bits per heavy atom. The van der Waals surface area contributed by atoms with Crippen LogP contribution in [0.25, 0.3) is 0 Å². The van der Waals surface area contributed by atoms with Gasteiger partial charge in [0.2, 0.25) is 10.0 Å². The van der Waals surface area contributed by atoms with E-state index < -0.39 is 16.0 Å².